The number of hydrogen-bond donors (Lipinski definition) is 4. The molecule has 1 aliphatic heterocycles. The van der Waals surface area contributed by atoms with Gasteiger partial charge in [0.1, 0.15) is 0 Å². The number of benzene rings is 1. The molecule has 1 heterocycles. The molecule has 1 aromatic rings. The van der Waals surface area contributed by atoms with Gasteiger partial charge < -0.3 is 26.8 Å². The summed E-state index contributed by atoms with van der Waals surface area (Å²) in [5.74, 6) is -0.624. The van der Waals surface area contributed by atoms with Crippen LogP contribution in [0.15, 0.2) is 12.1 Å². The predicted molar refractivity (Wildman–Crippen MR) is 89.3 cm³/mol. The molecule has 23 heavy (non-hydrogen) atoms. The van der Waals surface area contributed by atoms with Gasteiger partial charge in [-0.2, -0.15) is 0 Å². The minimum absolute atomic E-state index is 0.124. The molecular formula is C16H24N4O3. The number of nitrogens with zero attached hydrogens (tertiary/aromatic N) is 1. The average molecular weight is 320 g/mol. The number of nitrogens with two attached hydrogens (primary N) is 2. The van der Waals surface area contributed by atoms with Crippen molar-refractivity contribution in [3.63, 3.8) is 0 Å². The zero-order valence-corrected chi connectivity index (χ0v) is 13.3. The Hall–Kier alpha value is -2.28. The minimum Gasteiger partial charge on any atom is -0.396 e. The lowest BCUT2D eigenvalue weighted by Gasteiger charge is -2.22. The Morgan fingerprint density at radius 2 is 2.13 bits per heavy atom. The van der Waals surface area contributed by atoms with E-state index in [1.165, 1.54) is 0 Å². The van der Waals surface area contributed by atoms with Crippen molar-refractivity contribution in [3.8, 4) is 0 Å². The van der Waals surface area contributed by atoms with Gasteiger partial charge in [-0.3, -0.25) is 4.79 Å². The number of urea groups is 1. The average Bonchev–Trinajstić information content (AvgIpc) is 2.87. The monoisotopic (exact) mass is 320 g/mol. The summed E-state index contributed by atoms with van der Waals surface area (Å²) in [7, 11) is 0. The van der Waals surface area contributed by atoms with Crippen LogP contribution in [-0.4, -0.2) is 36.7 Å². The highest BCUT2D eigenvalue weighted by Crippen LogP contribution is 2.37. The Kier molecular flexibility index (Phi) is 5.44. The summed E-state index contributed by atoms with van der Waals surface area (Å²) in [5.41, 5.74) is 14.3. The van der Waals surface area contributed by atoms with Crippen molar-refractivity contribution < 1.29 is 14.7 Å². The normalized spacial score (nSPS) is 14.4. The molecule has 1 aliphatic rings. The summed E-state index contributed by atoms with van der Waals surface area (Å²) >= 11 is 0. The van der Waals surface area contributed by atoms with Crippen molar-refractivity contribution in [2.75, 3.05) is 29.9 Å². The topological polar surface area (TPSA) is 122 Å². The first kappa shape index (κ1) is 17.1. The minimum atomic E-state index is -0.624. The Morgan fingerprint density at radius 3 is 2.74 bits per heavy atom. The molecule has 3 amide bonds. The summed E-state index contributed by atoms with van der Waals surface area (Å²) in [6, 6.07) is 3.28. The van der Waals surface area contributed by atoms with Crippen LogP contribution in [0.2, 0.25) is 0 Å². The van der Waals surface area contributed by atoms with Crippen molar-refractivity contribution in [2.24, 2.45) is 17.4 Å². The maximum Gasteiger partial charge on any atom is 0.316 e. The van der Waals surface area contributed by atoms with E-state index >= 15 is 0 Å². The number of carbonyl (C=O) groups is 2. The molecule has 0 spiro atoms. The van der Waals surface area contributed by atoms with E-state index in [2.05, 4.69) is 16.3 Å². The first-order valence-electron chi connectivity index (χ1n) is 7.79. The van der Waals surface area contributed by atoms with Gasteiger partial charge in [0.05, 0.1) is 11.4 Å². The molecule has 0 aromatic heterocycles. The molecule has 1 atom stereocenters. The Bertz CT molecular complexity index is 603. The Balaban J connectivity index is 2.33. The Labute approximate surface area is 135 Å². The van der Waals surface area contributed by atoms with Gasteiger partial charge >= 0.3 is 6.03 Å². The molecule has 0 radical (unpaired) electrons. The van der Waals surface area contributed by atoms with Crippen LogP contribution in [0, 0.1) is 5.92 Å². The molecule has 7 nitrogen and oxygen atoms in total. The van der Waals surface area contributed by atoms with Gasteiger partial charge in [0.15, 0.2) is 0 Å². The van der Waals surface area contributed by atoms with E-state index in [-0.39, 0.29) is 18.4 Å². The van der Waals surface area contributed by atoms with Crippen molar-refractivity contribution in [3.05, 3.63) is 23.3 Å². The highest BCUT2D eigenvalue weighted by Gasteiger charge is 2.24. The van der Waals surface area contributed by atoms with E-state index in [4.69, 9.17) is 16.6 Å². The second-order valence-electron chi connectivity index (χ2n) is 5.96. The van der Waals surface area contributed by atoms with Crippen molar-refractivity contribution in [1.82, 2.24) is 0 Å². The van der Waals surface area contributed by atoms with E-state index < -0.39 is 6.03 Å². The fraction of sp³-hybridized carbons (Fsp3) is 0.500. The maximum atomic E-state index is 11.3. The molecule has 0 bridgehead atoms. The quantitative estimate of drug-likeness (QED) is 0.587. The van der Waals surface area contributed by atoms with Crippen LogP contribution < -0.4 is 21.7 Å². The van der Waals surface area contributed by atoms with E-state index in [1.54, 1.807) is 6.92 Å². The molecule has 0 saturated carbocycles. The lowest BCUT2D eigenvalue weighted by molar-refractivity contribution is -0.121. The molecule has 126 valence electrons. The predicted octanol–water partition coefficient (Wildman–Crippen LogP) is 0.586. The third-order valence-electron chi connectivity index (χ3n) is 4.09. The van der Waals surface area contributed by atoms with Gasteiger partial charge in [-0.05, 0) is 36.5 Å². The van der Waals surface area contributed by atoms with Crippen LogP contribution in [0.4, 0.5) is 16.2 Å². The first-order chi connectivity index (χ1) is 10.9. The van der Waals surface area contributed by atoms with E-state index in [0.29, 0.717) is 25.1 Å². The summed E-state index contributed by atoms with van der Waals surface area (Å²) in [4.78, 5) is 24.7. The SMILES string of the molecule is CC(Cc1cc2c(c(NC(N)=O)c1)N(CCCO)CC2)C(N)=O. The van der Waals surface area contributed by atoms with Gasteiger partial charge in [-0.15, -0.1) is 0 Å². The standard InChI is InChI=1S/C16H24N4O3/c1-10(15(17)22)7-11-8-12-3-5-20(4-2-6-21)14(12)13(9-11)19-16(18)23/h8-10,21H,2-7H2,1H3,(H2,17,22)(H3,18,19,23). The van der Waals surface area contributed by atoms with E-state index in [9.17, 15) is 9.59 Å². The third-order valence-corrected chi connectivity index (χ3v) is 4.09. The fourth-order valence-corrected chi connectivity index (χ4v) is 2.98. The molecule has 2 rings (SSSR count). The van der Waals surface area contributed by atoms with Gasteiger partial charge in [-0.25, -0.2) is 4.79 Å². The van der Waals surface area contributed by atoms with Crippen molar-refractivity contribution >= 4 is 23.3 Å². The van der Waals surface area contributed by atoms with Gasteiger partial charge in [0.25, 0.3) is 0 Å². The maximum absolute atomic E-state index is 11.3. The summed E-state index contributed by atoms with van der Waals surface area (Å²) in [6.45, 7) is 3.45. The molecule has 0 aliphatic carbocycles. The number of hydrogen-bond acceptors (Lipinski definition) is 4. The van der Waals surface area contributed by atoms with Crippen LogP contribution in [0.25, 0.3) is 0 Å². The zero-order chi connectivity index (χ0) is 17.0. The highest BCUT2D eigenvalue weighted by atomic mass is 16.3. The van der Waals surface area contributed by atoms with Crippen LogP contribution >= 0.6 is 0 Å². The van der Waals surface area contributed by atoms with Gasteiger partial charge in [0, 0.05) is 25.6 Å². The molecule has 7 heteroatoms. The Morgan fingerprint density at radius 1 is 1.39 bits per heavy atom. The van der Waals surface area contributed by atoms with Crippen molar-refractivity contribution in [2.45, 2.75) is 26.2 Å². The number of aliphatic hydroxyl groups is 1. The molecule has 6 N–H and O–H groups in total. The number of aliphatic hydroxyl groups excluding tert-OH is 1. The second kappa shape index (κ2) is 7.32. The summed E-state index contributed by atoms with van der Waals surface area (Å²) in [5, 5.41) is 11.7. The fourth-order valence-electron chi connectivity index (χ4n) is 2.98. The van der Waals surface area contributed by atoms with E-state index in [0.717, 1.165) is 29.8 Å². The second-order valence-corrected chi connectivity index (χ2v) is 5.96. The van der Waals surface area contributed by atoms with Crippen LogP contribution in [0.5, 0.6) is 0 Å². The number of rotatable bonds is 7. The third kappa shape index (κ3) is 4.13. The molecular weight excluding hydrogens is 296 g/mol. The smallest absolute Gasteiger partial charge is 0.316 e. The molecule has 1 unspecified atom stereocenters. The number of fused-ring (bicyclic) bond motifs is 1. The molecule has 0 fully saturated rings. The molecule has 1 aromatic carbocycles. The van der Waals surface area contributed by atoms with Crippen LogP contribution in [0.1, 0.15) is 24.5 Å². The summed E-state index contributed by atoms with van der Waals surface area (Å²) < 4.78 is 0. The highest BCUT2D eigenvalue weighted by molar-refractivity contribution is 5.93. The van der Waals surface area contributed by atoms with Crippen LogP contribution in [-0.2, 0) is 17.6 Å². The number of carbonyl (C=O) groups excluding carboxylic acids is 2. The number of primary amides is 2. The molecule has 0 saturated heterocycles. The number of amides is 3. The summed E-state index contributed by atoms with van der Waals surface area (Å²) in [6.07, 6.45) is 2.04. The lowest BCUT2D eigenvalue weighted by Crippen LogP contribution is -2.26. The van der Waals surface area contributed by atoms with Gasteiger partial charge in [0.2, 0.25) is 5.91 Å². The number of anilines is 2. The first-order valence-corrected chi connectivity index (χ1v) is 7.79. The largest absolute Gasteiger partial charge is 0.396 e. The van der Waals surface area contributed by atoms with Gasteiger partial charge in [-0.1, -0.05) is 13.0 Å². The van der Waals surface area contributed by atoms with Crippen molar-refractivity contribution in [1.29, 1.82) is 0 Å². The lowest BCUT2D eigenvalue weighted by atomic mass is 9.97. The zero-order valence-electron chi connectivity index (χ0n) is 13.3. The van der Waals surface area contributed by atoms with Crippen LogP contribution in [0.3, 0.4) is 0 Å². The van der Waals surface area contributed by atoms with E-state index in [1.807, 2.05) is 6.07 Å². The number of nitrogens with one attached hydrogen (secondary N) is 1.